The molecule has 2 amide bonds. The van der Waals surface area contributed by atoms with Crippen molar-refractivity contribution in [2.24, 2.45) is 4.99 Å². The summed E-state index contributed by atoms with van der Waals surface area (Å²) in [6.45, 7) is 4.79. The number of hydrogen-bond donors (Lipinski definition) is 1. The van der Waals surface area contributed by atoms with Crippen molar-refractivity contribution in [3.63, 3.8) is 0 Å². The SMILES string of the molecule is CC(C)(C)OC(=O)NCC(=O)N=C1S[C@@H]2CS(=O)(=O)C[C@@H]2N1c1ccc(Cl)cc1Cl. The molecule has 2 atom stereocenters. The summed E-state index contributed by atoms with van der Waals surface area (Å²) in [5, 5.41) is 3.18. The van der Waals surface area contributed by atoms with E-state index in [1.54, 1.807) is 43.9 Å². The van der Waals surface area contributed by atoms with Crippen LogP contribution < -0.4 is 10.2 Å². The first-order valence-electron chi connectivity index (χ1n) is 9.04. The van der Waals surface area contributed by atoms with E-state index in [2.05, 4.69) is 10.3 Å². The number of rotatable bonds is 3. The monoisotopic (exact) mass is 493 g/mol. The molecule has 0 aliphatic carbocycles. The lowest BCUT2D eigenvalue weighted by Crippen LogP contribution is -2.38. The first-order chi connectivity index (χ1) is 13.8. The quantitative estimate of drug-likeness (QED) is 0.689. The summed E-state index contributed by atoms with van der Waals surface area (Å²) in [4.78, 5) is 29.9. The molecule has 2 fully saturated rings. The largest absolute Gasteiger partial charge is 0.444 e. The van der Waals surface area contributed by atoms with Gasteiger partial charge < -0.3 is 15.0 Å². The zero-order valence-electron chi connectivity index (χ0n) is 16.5. The first kappa shape index (κ1) is 23.2. The van der Waals surface area contributed by atoms with Gasteiger partial charge in [-0.15, -0.1) is 0 Å². The second-order valence-electron chi connectivity index (χ2n) is 7.91. The van der Waals surface area contributed by atoms with Crippen molar-refractivity contribution < 1.29 is 22.7 Å². The van der Waals surface area contributed by atoms with Crippen LogP contribution in [-0.4, -0.2) is 60.5 Å². The minimum absolute atomic E-state index is 0.00654. The van der Waals surface area contributed by atoms with Crippen molar-refractivity contribution in [2.75, 3.05) is 23.0 Å². The Hall–Kier alpha value is -1.49. The zero-order valence-corrected chi connectivity index (χ0v) is 19.7. The van der Waals surface area contributed by atoms with E-state index in [0.717, 1.165) is 0 Å². The number of thioether (sulfide) groups is 1. The number of nitrogens with zero attached hydrogens (tertiary/aromatic N) is 2. The van der Waals surface area contributed by atoms with E-state index in [1.165, 1.54) is 11.8 Å². The predicted molar refractivity (Wildman–Crippen MR) is 119 cm³/mol. The number of nitrogens with one attached hydrogen (secondary N) is 1. The summed E-state index contributed by atoms with van der Waals surface area (Å²) in [5.74, 6) is -0.665. The van der Waals surface area contributed by atoms with E-state index in [9.17, 15) is 18.0 Å². The number of amides is 2. The number of ether oxygens (including phenoxy) is 1. The number of halogens is 2. The molecule has 3 rings (SSSR count). The lowest BCUT2D eigenvalue weighted by atomic mass is 10.2. The molecule has 2 saturated heterocycles. The molecule has 2 aliphatic heterocycles. The van der Waals surface area contributed by atoms with E-state index in [0.29, 0.717) is 20.9 Å². The van der Waals surface area contributed by atoms with Crippen molar-refractivity contribution >= 4 is 67.7 Å². The van der Waals surface area contributed by atoms with Gasteiger partial charge in [-0.2, -0.15) is 4.99 Å². The van der Waals surface area contributed by atoms with Crippen molar-refractivity contribution in [3.8, 4) is 0 Å². The van der Waals surface area contributed by atoms with Gasteiger partial charge in [0.25, 0.3) is 5.91 Å². The highest BCUT2D eigenvalue weighted by Gasteiger charge is 2.49. The molecule has 1 N–H and O–H groups in total. The van der Waals surface area contributed by atoms with E-state index >= 15 is 0 Å². The maximum Gasteiger partial charge on any atom is 0.408 e. The van der Waals surface area contributed by atoms with Crippen molar-refractivity contribution in [2.45, 2.75) is 37.7 Å². The molecule has 30 heavy (non-hydrogen) atoms. The Labute approximate surface area is 189 Å². The van der Waals surface area contributed by atoms with E-state index in [1.807, 2.05) is 0 Å². The third-order valence-electron chi connectivity index (χ3n) is 4.24. The van der Waals surface area contributed by atoms with Gasteiger partial charge in [0.1, 0.15) is 12.1 Å². The molecule has 8 nitrogen and oxygen atoms in total. The van der Waals surface area contributed by atoms with Gasteiger partial charge in [-0.25, -0.2) is 13.2 Å². The molecule has 0 radical (unpaired) electrons. The number of hydrogen-bond acceptors (Lipinski definition) is 6. The Morgan fingerprint density at radius 3 is 2.63 bits per heavy atom. The molecule has 1 aromatic rings. The number of carbonyl (C=O) groups excluding carboxylic acids is 2. The average Bonchev–Trinajstić information content (AvgIpc) is 3.03. The summed E-state index contributed by atoms with van der Waals surface area (Å²) in [6.07, 6.45) is -0.726. The second kappa shape index (κ2) is 8.57. The summed E-state index contributed by atoms with van der Waals surface area (Å²) in [5.41, 5.74) is -0.171. The van der Waals surface area contributed by atoms with E-state index in [-0.39, 0.29) is 23.3 Å². The standard InChI is InChI=1S/C18H21Cl2N3O5S2/c1-18(2,3)28-17(25)21-7-15(24)22-16-23(12-5-4-10(19)6-11(12)20)13-8-30(26,27)9-14(13)29-16/h4-6,13-14H,7-9H2,1-3H3,(H,21,25)/t13-,14+/m0/s1. The van der Waals surface area contributed by atoms with Crippen molar-refractivity contribution in [1.82, 2.24) is 5.32 Å². The Balaban J connectivity index is 1.82. The van der Waals surface area contributed by atoms with Crippen LogP contribution in [0.25, 0.3) is 0 Å². The fourth-order valence-corrected chi connectivity index (χ4v) is 7.55. The van der Waals surface area contributed by atoms with Gasteiger partial charge in [0.05, 0.1) is 28.3 Å². The maximum absolute atomic E-state index is 12.4. The van der Waals surface area contributed by atoms with Crippen molar-refractivity contribution in [3.05, 3.63) is 28.2 Å². The fraction of sp³-hybridized carbons (Fsp3) is 0.500. The van der Waals surface area contributed by atoms with Gasteiger partial charge in [0.15, 0.2) is 15.0 Å². The highest BCUT2D eigenvalue weighted by Crippen LogP contribution is 2.43. The smallest absolute Gasteiger partial charge is 0.408 e. The van der Waals surface area contributed by atoms with Gasteiger partial charge in [0.2, 0.25) is 0 Å². The molecule has 0 bridgehead atoms. The van der Waals surface area contributed by atoms with Gasteiger partial charge in [-0.3, -0.25) is 4.79 Å². The number of sulfone groups is 1. The molecule has 164 valence electrons. The third kappa shape index (κ3) is 5.60. The number of benzene rings is 1. The lowest BCUT2D eigenvalue weighted by molar-refractivity contribution is -0.117. The van der Waals surface area contributed by atoms with Gasteiger partial charge in [-0.05, 0) is 39.0 Å². The normalized spacial score (nSPS) is 24.0. The predicted octanol–water partition coefficient (Wildman–Crippen LogP) is 3.12. The molecular formula is C18H21Cl2N3O5S2. The van der Waals surface area contributed by atoms with Crippen LogP contribution in [0.4, 0.5) is 10.5 Å². The number of aliphatic imine (C=N–C) groups is 1. The van der Waals surface area contributed by atoms with Crippen LogP contribution in [0, 0.1) is 0 Å². The molecule has 0 saturated carbocycles. The Bertz CT molecular complexity index is 1010. The molecular weight excluding hydrogens is 473 g/mol. The van der Waals surface area contributed by atoms with Crippen molar-refractivity contribution in [1.29, 1.82) is 0 Å². The van der Waals surface area contributed by atoms with Crippen LogP contribution in [0.3, 0.4) is 0 Å². The average molecular weight is 494 g/mol. The summed E-state index contributed by atoms with van der Waals surface area (Å²) < 4.78 is 29.3. The number of amidine groups is 1. The van der Waals surface area contributed by atoms with Crippen LogP contribution >= 0.6 is 35.0 Å². The minimum Gasteiger partial charge on any atom is -0.444 e. The van der Waals surface area contributed by atoms with Crippen LogP contribution in [0.1, 0.15) is 20.8 Å². The number of anilines is 1. The number of alkyl carbamates (subject to hydrolysis) is 1. The fourth-order valence-electron chi connectivity index (χ4n) is 3.13. The maximum atomic E-state index is 12.4. The molecule has 0 aromatic heterocycles. The molecule has 2 heterocycles. The molecule has 0 spiro atoms. The third-order valence-corrected chi connectivity index (χ3v) is 7.99. The van der Waals surface area contributed by atoms with Gasteiger partial charge in [-0.1, -0.05) is 35.0 Å². The van der Waals surface area contributed by atoms with Crippen LogP contribution in [0.5, 0.6) is 0 Å². The summed E-state index contributed by atoms with van der Waals surface area (Å²) in [6, 6.07) is 4.44. The highest BCUT2D eigenvalue weighted by atomic mass is 35.5. The van der Waals surface area contributed by atoms with Gasteiger partial charge in [0, 0.05) is 10.3 Å². The van der Waals surface area contributed by atoms with Crippen LogP contribution in [0.15, 0.2) is 23.2 Å². The highest BCUT2D eigenvalue weighted by molar-refractivity contribution is 8.16. The Morgan fingerprint density at radius 1 is 1.30 bits per heavy atom. The van der Waals surface area contributed by atoms with E-state index < -0.39 is 33.5 Å². The molecule has 2 aliphatic rings. The number of carbonyl (C=O) groups is 2. The molecule has 1 aromatic carbocycles. The van der Waals surface area contributed by atoms with Crippen LogP contribution in [0.2, 0.25) is 10.0 Å². The van der Waals surface area contributed by atoms with Crippen LogP contribution in [-0.2, 0) is 19.4 Å². The topological polar surface area (TPSA) is 105 Å². The Kier molecular flexibility index (Phi) is 6.62. The Morgan fingerprint density at radius 2 is 2.00 bits per heavy atom. The zero-order chi connectivity index (χ0) is 22.3. The van der Waals surface area contributed by atoms with E-state index in [4.69, 9.17) is 27.9 Å². The van der Waals surface area contributed by atoms with Gasteiger partial charge >= 0.3 is 6.09 Å². The molecule has 12 heteroatoms. The summed E-state index contributed by atoms with van der Waals surface area (Å²) >= 11 is 13.5. The first-order valence-corrected chi connectivity index (χ1v) is 12.5. The number of fused-ring (bicyclic) bond motifs is 1. The second-order valence-corrected chi connectivity index (χ2v) is 12.1. The minimum atomic E-state index is -3.20. The molecule has 0 unspecified atom stereocenters. The summed E-state index contributed by atoms with van der Waals surface area (Å²) in [7, 11) is -3.20. The lowest BCUT2D eigenvalue weighted by Gasteiger charge is -2.25.